The number of fused-ring (bicyclic) bond motifs is 3. The molecule has 322 valence electrons. The van der Waals surface area contributed by atoms with Crippen molar-refractivity contribution in [3.8, 4) is 39.6 Å². The Morgan fingerprint density at radius 2 is 0.761 bits per heavy atom. The number of anilines is 6. The number of rotatable bonds is 10. The predicted molar refractivity (Wildman–Crippen MR) is 281 cm³/mol. The fraction of sp³-hybridized carbons (Fsp3) is 0.0645. The lowest BCUT2D eigenvalue weighted by molar-refractivity contribution is 1.16. The number of para-hydroxylation sites is 2. The molecule has 0 aliphatic rings. The van der Waals surface area contributed by atoms with Crippen LogP contribution in [0.25, 0.3) is 61.4 Å². The molecule has 0 amide bonds. The van der Waals surface area contributed by atoms with E-state index in [2.05, 4.69) is 267 Å². The van der Waals surface area contributed by atoms with E-state index in [-0.39, 0.29) is 0 Å². The summed E-state index contributed by atoms with van der Waals surface area (Å²) in [5, 5.41) is 2.31. The minimum atomic E-state index is 0.720. The SMILES string of the molecule is Cc1ccc(N(c2ccccc2)c2ccc3c(c2)c2cc(N(c4ccccc4)c4ccc(C)cc4)ccc2n3-c2ccc(-c3cc(-c4ccccc4C)nc(-c4ccccc4C)n3)cc2)cc1. The van der Waals surface area contributed by atoms with Crippen LogP contribution in [-0.4, -0.2) is 14.5 Å². The van der Waals surface area contributed by atoms with E-state index in [1.165, 1.54) is 16.7 Å². The van der Waals surface area contributed by atoms with E-state index < -0.39 is 0 Å². The van der Waals surface area contributed by atoms with Gasteiger partial charge in [-0.05, 0) is 142 Å². The highest BCUT2D eigenvalue weighted by molar-refractivity contribution is 6.12. The van der Waals surface area contributed by atoms with Crippen LogP contribution in [0.15, 0.2) is 224 Å². The molecular formula is C62H49N5. The third-order valence-electron chi connectivity index (χ3n) is 12.8. The van der Waals surface area contributed by atoms with Gasteiger partial charge in [-0.3, -0.25) is 0 Å². The Hall–Kier alpha value is -8.54. The molecule has 0 aliphatic heterocycles. The second-order valence-corrected chi connectivity index (χ2v) is 17.4. The summed E-state index contributed by atoms with van der Waals surface area (Å²) in [5.41, 5.74) is 19.6. The molecule has 5 heteroatoms. The minimum absolute atomic E-state index is 0.720. The van der Waals surface area contributed by atoms with Crippen molar-refractivity contribution >= 4 is 55.9 Å². The van der Waals surface area contributed by atoms with Crippen LogP contribution < -0.4 is 9.80 Å². The van der Waals surface area contributed by atoms with E-state index in [0.717, 1.165) is 101 Å². The van der Waals surface area contributed by atoms with Crippen LogP contribution in [0.2, 0.25) is 0 Å². The number of hydrogen-bond donors (Lipinski definition) is 0. The van der Waals surface area contributed by atoms with Crippen LogP contribution in [0.1, 0.15) is 22.3 Å². The molecule has 0 spiro atoms. The predicted octanol–water partition coefficient (Wildman–Crippen LogP) is 16.7. The lowest BCUT2D eigenvalue weighted by Crippen LogP contribution is -2.10. The van der Waals surface area contributed by atoms with Gasteiger partial charge in [-0.1, -0.05) is 132 Å². The highest BCUT2D eigenvalue weighted by Crippen LogP contribution is 2.43. The Morgan fingerprint density at radius 1 is 0.343 bits per heavy atom. The maximum Gasteiger partial charge on any atom is 0.160 e. The fourth-order valence-electron chi connectivity index (χ4n) is 9.31. The summed E-state index contributed by atoms with van der Waals surface area (Å²) in [7, 11) is 0. The highest BCUT2D eigenvalue weighted by Gasteiger charge is 2.21. The topological polar surface area (TPSA) is 37.2 Å². The number of nitrogens with zero attached hydrogens (tertiary/aromatic N) is 5. The molecule has 0 aliphatic carbocycles. The largest absolute Gasteiger partial charge is 0.310 e. The maximum atomic E-state index is 5.22. The Balaban J connectivity index is 1.10. The van der Waals surface area contributed by atoms with Gasteiger partial charge < -0.3 is 14.4 Å². The standard InChI is InChI=1S/C62H49N5/c1-42-23-29-49(30-24-42)65(47-17-7-5-8-18-47)52-35-37-60-56(39-52)57-40-53(66(48-19-9-6-10-20-48)50-31-25-43(2)26-32-50)36-38-61(57)67(60)51-33-27-46(28-34-51)58-41-59(54-21-13-11-15-44(54)3)64-62(63-58)55-22-14-12-16-45(55)4/h5-41H,1-4H3. The van der Waals surface area contributed by atoms with Gasteiger partial charge in [0.25, 0.3) is 0 Å². The molecule has 11 rings (SSSR count). The van der Waals surface area contributed by atoms with Crippen LogP contribution in [-0.2, 0) is 0 Å². The van der Waals surface area contributed by atoms with Gasteiger partial charge in [0.05, 0.1) is 22.4 Å². The lowest BCUT2D eigenvalue weighted by atomic mass is 10.0. The molecule has 0 radical (unpaired) electrons. The Morgan fingerprint density at radius 3 is 1.25 bits per heavy atom. The molecule has 2 aromatic heterocycles. The number of aromatic nitrogens is 3. The summed E-state index contributed by atoms with van der Waals surface area (Å²) >= 11 is 0. The van der Waals surface area contributed by atoms with Crippen molar-refractivity contribution in [2.75, 3.05) is 9.80 Å². The first-order valence-corrected chi connectivity index (χ1v) is 22.9. The molecule has 2 heterocycles. The zero-order valence-corrected chi connectivity index (χ0v) is 38.1. The highest BCUT2D eigenvalue weighted by atomic mass is 15.1. The van der Waals surface area contributed by atoms with Gasteiger partial charge >= 0.3 is 0 Å². The molecule has 11 aromatic rings. The van der Waals surface area contributed by atoms with Crippen LogP contribution in [0.4, 0.5) is 34.1 Å². The molecule has 0 fully saturated rings. The molecule has 0 saturated carbocycles. The third kappa shape index (κ3) is 7.91. The van der Waals surface area contributed by atoms with Crippen molar-refractivity contribution in [2.45, 2.75) is 27.7 Å². The summed E-state index contributed by atoms with van der Waals surface area (Å²) in [5.74, 6) is 0.720. The normalized spacial score (nSPS) is 11.3. The summed E-state index contributed by atoms with van der Waals surface area (Å²) in [6.45, 7) is 8.53. The third-order valence-corrected chi connectivity index (χ3v) is 12.8. The monoisotopic (exact) mass is 863 g/mol. The van der Waals surface area contributed by atoms with Crippen molar-refractivity contribution in [3.05, 3.63) is 247 Å². The average molecular weight is 864 g/mol. The van der Waals surface area contributed by atoms with Gasteiger partial charge in [0, 0.05) is 67.3 Å². The van der Waals surface area contributed by atoms with E-state index in [9.17, 15) is 0 Å². The van der Waals surface area contributed by atoms with Crippen LogP contribution in [0.5, 0.6) is 0 Å². The molecule has 0 atom stereocenters. The first-order chi connectivity index (χ1) is 32.9. The van der Waals surface area contributed by atoms with E-state index in [0.29, 0.717) is 0 Å². The molecule has 0 N–H and O–H groups in total. The number of benzene rings is 9. The van der Waals surface area contributed by atoms with Crippen LogP contribution >= 0.6 is 0 Å². The van der Waals surface area contributed by atoms with Gasteiger partial charge in [-0.2, -0.15) is 0 Å². The van der Waals surface area contributed by atoms with Gasteiger partial charge in [-0.15, -0.1) is 0 Å². The summed E-state index contributed by atoms with van der Waals surface area (Å²) in [6.07, 6.45) is 0. The second kappa shape index (κ2) is 17.4. The Bertz CT molecular complexity index is 3330. The van der Waals surface area contributed by atoms with Crippen molar-refractivity contribution in [1.82, 2.24) is 14.5 Å². The molecule has 9 aromatic carbocycles. The fourth-order valence-corrected chi connectivity index (χ4v) is 9.31. The van der Waals surface area contributed by atoms with Gasteiger partial charge in [0.2, 0.25) is 0 Å². The summed E-state index contributed by atoms with van der Waals surface area (Å²) in [4.78, 5) is 15.1. The van der Waals surface area contributed by atoms with Crippen molar-refractivity contribution in [3.63, 3.8) is 0 Å². The maximum absolute atomic E-state index is 5.22. The first kappa shape index (κ1) is 41.2. The lowest BCUT2D eigenvalue weighted by Gasteiger charge is -2.26. The Labute approximate surface area is 392 Å². The zero-order valence-electron chi connectivity index (χ0n) is 38.1. The average Bonchev–Trinajstić information content (AvgIpc) is 3.69. The van der Waals surface area contributed by atoms with E-state index in [1.54, 1.807) is 0 Å². The van der Waals surface area contributed by atoms with E-state index in [4.69, 9.17) is 9.97 Å². The van der Waals surface area contributed by atoms with Gasteiger partial charge in [0.15, 0.2) is 5.82 Å². The van der Waals surface area contributed by atoms with Crippen LogP contribution in [0.3, 0.4) is 0 Å². The number of hydrogen-bond acceptors (Lipinski definition) is 4. The number of aryl methyl sites for hydroxylation is 4. The van der Waals surface area contributed by atoms with E-state index in [1.807, 2.05) is 0 Å². The van der Waals surface area contributed by atoms with Gasteiger partial charge in [-0.25, -0.2) is 9.97 Å². The summed E-state index contributed by atoms with van der Waals surface area (Å²) in [6, 6.07) is 80.4. The zero-order chi connectivity index (χ0) is 45.4. The van der Waals surface area contributed by atoms with E-state index >= 15 is 0 Å². The van der Waals surface area contributed by atoms with Crippen LogP contribution in [0, 0.1) is 27.7 Å². The second-order valence-electron chi connectivity index (χ2n) is 17.4. The summed E-state index contributed by atoms with van der Waals surface area (Å²) < 4.78 is 2.40. The molecule has 0 saturated heterocycles. The minimum Gasteiger partial charge on any atom is -0.310 e. The quantitative estimate of drug-likeness (QED) is 0.137. The van der Waals surface area contributed by atoms with Crippen molar-refractivity contribution in [1.29, 1.82) is 0 Å². The van der Waals surface area contributed by atoms with Gasteiger partial charge in [0.1, 0.15) is 0 Å². The Kier molecular flexibility index (Phi) is 10.7. The smallest absolute Gasteiger partial charge is 0.160 e. The molecule has 0 unspecified atom stereocenters. The van der Waals surface area contributed by atoms with Crippen molar-refractivity contribution < 1.29 is 0 Å². The molecule has 5 nitrogen and oxygen atoms in total. The molecule has 67 heavy (non-hydrogen) atoms. The first-order valence-electron chi connectivity index (χ1n) is 22.9. The van der Waals surface area contributed by atoms with Crippen molar-refractivity contribution in [2.24, 2.45) is 0 Å². The molecule has 0 bridgehead atoms. The molecular weight excluding hydrogens is 815 g/mol.